The maximum absolute atomic E-state index is 12.6. The largest absolute Gasteiger partial charge is 0.481 e. The van der Waals surface area contributed by atoms with E-state index in [4.69, 9.17) is 5.11 Å². The zero-order chi connectivity index (χ0) is 19.5. The van der Waals surface area contributed by atoms with Crippen LogP contribution in [0.4, 0.5) is 0 Å². The smallest absolute Gasteiger partial charge is 0.303 e. The molecular weight excluding hydrogens is 338 g/mol. The first-order chi connectivity index (χ1) is 13.1. The van der Waals surface area contributed by atoms with Gasteiger partial charge in [-0.05, 0) is 36.0 Å². The Labute approximate surface area is 161 Å². The van der Waals surface area contributed by atoms with E-state index in [1.807, 2.05) is 47.4 Å². The molecule has 1 amide bonds. The Balaban J connectivity index is 1.99. The van der Waals surface area contributed by atoms with Gasteiger partial charge in [0.2, 0.25) is 5.91 Å². The van der Waals surface area contributed by atoms with Crippen LogP contribution in [0.15, 0.2) is 54.6 Å². The normalized spacial score (nSPS) is 10.6. The minimum Gasteiger partial charge on any atom is -0.481 e. The molecule has 0 aliphatic carbocycles. The van der Waals surface area contributed by atoms with Crippen molar-refractivity contribution in [3.8, 4) is 0 Å². The van der Waals surface area contributed by atoms with Gasteiger partial charge in [-0.15, -0.1) is 0 Å². The minimum absolute atomic E-state index is 0.137. The Morgan fingerprint density at radius 2 is 1.48 bits per heavy atom. The molecule has 1 N–H and O–H groups in total. The Bertz CT molecular complexity index is 710. The monoisotopic (exact) mass is 367 g/mol. The van der Waals surface area contributed by atoms with Gasteiger partial charge >= 0.3 is 5.97 Å². The number of rotatable bonds is 11. The quantitative estimate of drug-likeness (QED) is 0.638. The van der Waals surface area contributed by atoms with Crippen molar-refractivity contribution in [3.05, 3.63) is 71.3 Å². The molecule has 0 aromatic heterocycles. The van der Waals surface area contributed by atoms with Gasteiger partial charge in [-0.1, -0.05) is 67.9 Å². The highest BCUT2D eigenvalue weighted by Crippen LogP contribution is 2.13. The van der Waals surface area contributed by atoms with Crippen molar-refractivity contribution in [1.29, 1.82) is 0 Å². The number of carboxylic acid groups (broad SMARTS) is 1. The van der Waals surface area contributed by atoms with Crippen LogP contribution < -0.4 is 0 Å². The molecule has 0 radical (unpaired) electrons. The number of carbonyl (C=O) groups excluding carboxylic acids is 1. The van der Waals surface area contributed by atoms with Crippen molar-refractivity contribution in [1.82, 2.24) is 4.90 Å². The Kier molecular flexibility index (Phi) is 8.56. The van der Waals surface area contributed by atoms with Crippen molar-refractivity contribution in [2.75, 3.05) is 6.54 Å². The molecule has 0 fully saturated rings. The molecule has 0 atom stereocenters. The first kappa shape index (κ1) is 20.7. The predicted octanol–water partition coefficient (Wildman–Crippen LogP) is 4.47. The van der Waals surface area contributed by atoms with Crippen molar-refractivity contribution >= 4 is 11.9 Å². The summed E-state index contributed by atoms with van der Waals surface area (Å²) in [6.45, 7) is 3.39. The van der Waals surface area contributed by atoms with Crippen molar-refractivity contribution in [2.45, 2.75) is 52.0 Å². The fourth-order valence-corrected chi connectivity index (χ4v) is 2.97. The summed E-state index contributed by atoms with van der Waals surface area (Å²) in [4.78, 5) is 25.3. The molecule has 27 heavy (non-hydrogen) atoms. The van der Waals surface area contributed by atoms with E-state index >= 15 is 0 Å². The number of hydrogen-bond acceptors (Lipinski definition) is 2. The molecule has 4 heteroatoms. The van der Waals surface area contributed by atoms with Gasteiger partial charge in [0.1, 0.15) is 0 Å². The Morgan fingerprint density at radius 1 is 0.852 bits per heavy atom. The minimum atomic E-state index is -0.785. The van der Waals surface area contributed by atoms with E-state index in [9.17, 15) is 9.59 Å². The first-order valence-electron chi connectivity index (χ1n) is 9.69. The second kappa shape index (κ2) is 11.2. The number of aryl methyl sites for hydroxylation is 1. The summed E-state index contributed by atoms with van der Waals surface area (Å²) in [5, 5.41) is 8.79. The van der Waals surface area contributed by atoms with Gasteiger partial charge in [-0.2, -0.15) is 0 Å². The highest BCUT2D eigenvalue weighted by atomic mass is 16.4. The third kappa shape index (κ3) is 7.65. The molecule has 0 saturated carbocycles. The summed E-state index contributed by atoms with van der Waals surface area (Å²) in [7, 11) is 0. The Hall–Kier alpha value is -2.62. The van der Waals surface area contributed by atoms with Gasteiger partial charge in [-0.25, -0.2) is 0 Å². The number of aliphatic carboxylic acids is 1. The average Bonchev–Trinajstić information content (AvgIpc) is 2.69. The molecule has 0 bridgehead atoms. The summed E-state index contributed by atoms with van der Waals surface area (Å²) in [5.41, 5.74) is 3.32. The van der Waals surface area contributed by atoms with E-state index in [0.29, 0.717) is 25.9 Å². The number of carbonyl (C=O) groups is 2. The van der Waals surface area contributed by atoms with Gasteiger partial charge < -0.3 is 10.0 Å². The van der Waals surface area contributed by atoms with Crippen molar-refractivity contribution < 1.29 is 14.7 Å². The lowest BCUT2D eigenvalue weighted by Crippen LogP contribution is -2.32. The summed E-state index contributed by atoms with van der Waals surface area (Å²) >= 11 is 0. The molecule has 2 rings (SSSR count). The molecule has 0 aliphatic rings. The van der Waals surface area contributed by atoms with Crippen LogP contribution in [-0.4, -0.2) is 28.4 Å². The summed E-state index contributed by atoms with van der Waals surface area (Å²) < 4.78 is 0. The number of unbranched alkanes of at least 4 members (excludes halogenated alkanes) is 1. The number of amides is 1. The maximum atomic E-state index is 12.6. The molecule has 144 valence electrons. The van der Waals surface area contributed by atoms with Crippen molar-refractivity contribution in [3.63, 3.8) is 0 Å². The molecule has 0 unspecified atom stereocenters. The second-order valence-electron chi connectivity index (χ2n) is 6.86. The van der Waals surface area contributed by atoms with E-state index in [1.54, 1.807) is 0 Å². The Morgan fingerprint density at radius 3 is 2.11 bits per heavy atom. The second-order valence-corrected chi connectivity index (χ2v) is 6.86. The summed E-state index contributed by atoms with van der Waals surface area (Å²) in [6, 6.07) is 18.1. The lowest BCUT2D eigenvalue weighted by Gasteiger charge is -2.23. The van der Waals surface area contributed by atoms with E-state index < -0.39 is 5.97 Å². The molecule has 4 nitrogen and oxygen atoms in total. The lowest BCUT2D eigenvalue weighted by molar-refractivity contribution is -0.137. The average molecular weight is 367 g/mol. The molecule has 0 spiro atoms. The zero-order valence-corrected chi connectivity index (χ0v) is 16.1. The van der Waals surface area contributed by atoms with Crippen LogP contribution >= 0.6 is 0 Å². The molecular formula is C23H29NO3. The number of nitrogens with zero attached hydrogens (tertiary/aromatic N) is 1. The van der Waals surface area contributed by atoms with Crippen LogP contribution in [0.1, 0.15) is 49.3 Å². The van der Waals surface area contributed by atoms with E-state index in [-0.39, 0.29) is 12.3 Å². The van der Waals surface area contributed by atoms with Crippen LogP contribution in [0, 0.1) is 0 Å². The number of carboxylic acids is 1. The van der Waals surface area contributed by atoms with Gasteiger partial charge in [0.05, 0.1) is 0 Å². The van der Waals surface area contributed by atoms with E-state index in [1.165, 1.54) is 5.56 Å². The molecule has 2 aromatic rings. The van der Waals surface area contributed by atoms with Crippen LogP contribution in [-0.2, 0) is 29.0 Å². The highest BCUT2D eigenvalue weighted by molar-refractivity contribution is 5.76. The molecule has 0 heterocycles. The standard InChI is InChI=1S/C23H29NO3/c1-2-3-9-22(25)24(17-16-19-7-5-4-6-8-19)18-21-12-10-20(11-13-21)14-15-23(26)27/h4-8,10-13H,2-3,9,14-18H2,1H3,(H,26,27). The molecule has 0 aliphatic heterocycles. The summed E-state index contributed by atoms with van der Waals surface area (Å²) in [6.07, 6.45) is 4.02. The van der Waals surface area contributed by atoms with E-state index in [2.05, 4.69) is 19.1 Å². The van der Waals surface area contributed by atoms with Gasteiger partial charge in [0.25, 0.3) is 0 Å². The third-order valence-corrected chi connectivity index (χ3v) is 4.63. The topological polar surface area (TPSA) is 57.6 Å². The highest BCUT2D eigenvalue weighted by Gasteiger charge is 2.14. The number of benzene rings is 2. The van der Waals surface area contributed by atoms with Crippen LogP contribution in [0.25, 0.3) is 0 Å². The zero-order valence-electron chi connectivity index (χ0n) is 16.1. The lowest BCUT2D eigenvalue weighted by atomic mass is 10.1. The molecule has 2 aromatic carbocycles. The van der Waals surface area contributed by atoms with E-state index in [0.717, 1.165) is 30.4 Å². The fraction of sp³-hybridized carbons (Fsp3) is 0.391. The maximum Gasteiger partial charge on any atom is 0.303 e. The molecule has 0 saturated heterocycles. The SMILES string of the molecule is CCCCC(=O)N(CCc1ccccc1)Cc1ccc(CCC(=O)O)cc1. The summed E-state index contributed by atoms with van der Waals surface area (Å²) in [5.74, 6) is -0.588. The van der Waals surface area contributed by atoms with Gasteiger partial charge in [0.15, 0.2) is 0 Å². The predicted molar refractivity (Wildman–Crippen MR) is 107 cm³/mol. The third-order valence-electron chi connectivity index (χ3n) is 4.63. The van der Waals surface area contributed by atoms with Crippen LogP contribution in [0.2, 0.25) is 0 Å². The van der Waals surface area contributed by atoms with Crippen LogP contribution in [0.5, 0.6) is 0 Å². The fourth-order valence-electron chi connectivity index (χ4n) is 2.97. The van der Waals surface area contributed by atoms with Crippen molar-refractivity contribution in [2.24, 2.45) is 0 Å². The van der Waals surface area contributed by atoms with Gasteiger partial charge in [0, 0.05) is 25.9 Å². The number of hydrogen-bond donors (Lipinski definition) is 1. The first-order valence-corrected chi connectivity index (χ1v) is 9.69. The van der Waals surface area contributed by atoms with Crippen LogP contribution in [0.3, 0.4) is 0 Å². The van der Waals surface area contributed by atoms with Gasteiger partial charge in [-0.3, -0.25) is 9.59 Å².